The predicted molar refractivity (Wildman–Crippen MR) is 62.3 cm³/mol. The minimum Gasteiger partial charge on any atom is -0.225 e. The van der Waals surface area contributed by atoms with Crippen molar-refractivity contribution < 1.29 is 12.8 Å². The SMILES string of the molecule is NS(=O)(=O)c1cc(F)ccc1CC1CC1Br. The molecule has 1 aliphatic rings. The largest absolute Gasteiger partial charge is 0.238 e. The number of hydrogen-bond donors (Lipinski definition) is 1. The first-order chi connectivity index (χ1) is 7.38. The van der Waals surface area contributed by atoms with Crippen LogP contribution in [0, 0.1) is 11.7 Å². The Labute approximate surface area is 102 Å². The quantitative estimate of drug-likeness (QED) is 0.866. The average molecular weight is 308 g/mol. The van der Waals surface area contributed by atoms with E-state index in [1.54, 1.807) is 0 Å². The number of sulfonamides is 1. The Hall–Kier alpha value is -0.460. The van der Waals surface area contributed by atoms with Gasteiger partial charge in [-0.1, -0.05) is 22.0 Å². The molecule has 0 aliphatic heterocycles. The van der Waals surface area contributed by atoms with Gasteiger partial charge >= 0.3 is 0 Å². The van der Waals surface area contributed by atoms with E-state index in [0.717, 1.165) is 12.5 Å². The standard InChI is InChI=1S/C10H11BrFNO2S/c11-9-4-7(9)3-6-1-2-8(12)5-10(6)16(13,14)15/h1-2,5,7,9H,3-4H2,(H2,13,14,15). The lowest BCUT2D eigenvalue weighted by Gasteiger charge is -2.07. The molecule has 0 saturated heterocycles. The Kier molecular flexibility index (Phi) is 3.07. The van der Waals surface area contributed by atoms with E-state index in [9.17, 15) is 12.8 Å². The summed E-state index contributed by atoms with van der Waals surface area (Å²) >= 11 is 3.44. The number of hydrogen-bond acceptors (Lipinski definition) is 2. The van der Waals surface area contributed by atoms with E-state index >= 15 is 0 Å². The van der Waals surface area contributed by atoms with Gasteiger partial charge in [-0.15, -0.1) is 0 Å². The van der Waals surface area contributed by atoms with Crippen molar-refractivity contribution >= 4 is 26.0 Å². The molecule has 0 bridgehead atoms. The molecular formula is C10H11BrFNO2S. The molecule has 2 atom stereocenters. The maximum atomic E-state index is 13.0. The van der Waals surface area contributed by atoms with Crippen molar-refractivity contribution in [3.05, 3.63) is 29.6 Å². The molecule has 16 heavy (non-hydrogen) atoms. The molecular weight excluding hydrogens is 297 g/mol. The lowest BCUT2D eigenvalue weighted by atomic mass is 10.1. The molecule has 1 saturated carbocycles. The highest BCUT2D eigenvalue weighted by atomic mass is 79.9. The fourth-order valence-corrected chi connectivity index (χ4v) is 3.13. The smallest absolute Gasteiger partial charge is 0.225 e. The second-order valence-electron chi connectivity index (χ2n) is 4.01. The Morgan fingerprint density at radius 3 is 2.62 bits per heavy atom. The second-order valence-corrected chi connectivity index (χ2v) is 6.72. The van der Waals surface area contributed by atoms with Crippen LogP contribution in [0.5, 0.6) is 0 Å². The van der Waals surface area contributed by atoms with Crippen LogP contribution in [0.15, 0.2) is 23.1 Å². The molecule has 2 unspecified atom stereocenters. The molecule has 1 fully saturated rings. The molecule has 3 nitrogen and oxygen atoms in total. The van der Waals surface area contributed by atoms with Crippen molar-refractivity contribution in [1.82, 2.24) is 0 Å². The van der Waals surface area contributed by atoms with Crippen LogP contribution in [-0.2, 0) is 16.4 Å². The third kappa shape index (κ3) is 2.61. The number of benzene rings is 1. The van der Waals surface area contributed by atoms with Gasteiger partial charge < -0.3 is 0 Å². The second kappa shape index (κ2) is 4.09. The van der Waals surface area contributed by atoms with Gasteiger partial charge in [-0.05, 0) is 36.5 Å². The molecule has 0 amide bonds. The van der Waals surface area contributed by atoms with E-state index in [4.69, 9.17) is 5.14 Å². The highest BCUT2D eigenvalue weighted by Crippen LogP contribution is 2.41. The zero-order valence-corrected chi connectivity index (χ0v) is 10.8. The van der Waals surface area contributed by atoms with Crippen molar-refractivity contribution in [2.45, 2.75) is 22.6 Å². The zero-order valence-electron chi connectivity index (χ0n) is 8.36. The van der Waals surface area contributed by atoms with Gasteiger partial charge in [-0.25, -0.2) is 17.9 Å². The Morgan fingerprint density at radius 1 is 1.50 bits per heavy atom. The van der Waals surface area contributed by atoms with E-state index in [1.807, 2.05) is 0 Å². The topological polar surface area (TPSA) is 60.2 Å². The summed E-state index contributed by atoms with van der Waals surface area (Å²) in [5.41, 5.74) is 0.593. The molecule has 1 aromatic rings. The van der Waals surface area contributed by atoms with Crippen LogP contribution < -0.4 is 5.14 Å². The lowest BCUT2D eigenvalue weighted by Crippen LogP contribution is -2.15. The van der Waals surface area contributed by atoms with Crippen molar-refractivity contribution in [1.29, 1.82) is 0 Å². The fraction of sp³-hybridized carbons (Fsp3) is 0.400. The normalized spacial score (nSPS) is 24.4. The van der Waals surface area contributed by atoms with Gasteiger partial charge in [-0.3, -0.25) is 0 Å². The molecule has 2 rings (SSSR count). The summed E-state index contributed by atoms with van der Waals surface area (Å²) in [7, 11) is -3.85. The highest BCUT2D eigenvalue weighted by molar-refractivity contribution is 9.09. The molecule has 88 valence electrons. The lowest BCUT2D eigenvalue weighted by molar-refractivity contribution is 0.589. The zero-order chi connectivity index (χ0) is 11.9. The molecule has 2 N–H and O–H groups in total. The Bertz CT molecular complexity index is 518. The van der Waals surface area contributed by atoms with Gasteiger partial charge in [-0.2, -0.15) is 0 Å². The molecule has 0 aromatic heterocycles. The van der Waals surface area contributed by atoms with Crippen LogP contribution in [0.1, 0.15) is 12.0 Å². The highest BCUT2D eigenvalue weighted by Gasteiger charge is 2.35. The summed E-state index contributed by atoms with van der Waals surface area (Å²) in [5.74, 6) is -0.162. The molecule has 6 heteroatoms. The van der Waals surface area contributed by atoms with Gasteiger partial charge in [0.15, 0.2) is 0 Å². The van der Waals surface area contributed by atoms with E-state index < -0.39 is 15.8 Å². The van der Waals surface area contributed by atoms with Gasteiger partial charge in [0.1, 0.15) is 5.82 Å². The minimum absolute atomic E-state index is 0.0981. The molecule has 0 radical (unpaired) electrons. The van der Waals surface area contributed by atoms with Crippen molar-refractivity contribution in [3.63, 3.8) is 0 Å². The van der Waals surface area contributed by atoms with E-state index in [-0.39, 0.29) is 4.90 Å². The molecule has 0 spiro atoms. The van der Waals surface area contributed by atoms with Crippen LogP contribution >= 0.6 is 15.9 Å². The fourth-order valence-electron chi connectivity index (χ4n) is 1.67. The first kappa shape index (κ1) is 12.0. The van der Waals surface area contributed by atoms with E-state index in [2.05, 4.69) is 15.9 Å². The number of primary sulfonamides is 1. The predicted octanol–water partition coefficient (Wildman–Crippen LogP) is 1.80. The molecule has 0 heterocycles. The molecule has 1 aliphatic carbocycles. The van der Waals surface area contributed by atoms with Gasteiger partial charge in [0.2, 0.25) is 10.0 Å². The number of rotatable bonds is 3. The maximum Gasteiger partial charge on any atom is 0.238 e. The monoisotopic (exact) mass is 307 g/mol. The number of halogens is 2. The summed E-state index contributed by atoms with van der Waals surface area (Å²) in [4.78, 5) is 0.338. The van der Waals surface area contributed by atoms with Crippen molar-refractivity contribution in [2.24, 2.45) is 11.1 Å². The van der Waals surface area contributed by atoms with Gasteiger partial charge in [0.25, 0.3) is 0 Å². The Morgan fingerprint density at radius 2 is 2.12 bits per heavy atom. The summed E-state index contributed by atoms with van der Waals surface area (Å²) in [5, 5.41) is 5.05. The number of nitrogens with two attached hydrogens (primary N) is 1. The van der Waals surface area contributed by atoms with Crippen LogP contribution in [0.2, 0.25) is 0 Å². The third-order valence-corrected chi connectivity index (χ3v) is 4.77. The van der Waals surface area contributed by atoms with Crippen LogP contribution in [-0.4, -0.2) is 13.2 Å². The summed E-state index contributed by atoms with van der Waals surface area (Å²) < 4.78 is 35.6. The summed E-state index contributed by atoms with van der Waals surface area (Å²) in [6.07, 6.45) is 1.63. The molecule has 1 aromatic carbocycles. The Balaban J connectivity index is 2.36. The van der Waals surface area contributed by atoms with Crippen molar-refractivity contribution in [3.8, 4) is 0 Å². The summed E-state index contributed by atoms with van der Waals surface area (Å²) in [6.45, 7) is 0. The first-order valence-corrected chi connectivity index (χ1v) is 7.29. The van der Waals surface area contributed by atoms with Crippen LogP contribution in [0.3, 0.4) is 0 Å². The maximum absolute atomic E-state index is 13.0. The third-order valence-electron chi connectivity index (χ3n) is 2.65. The minimum atomic E-state index is -3.85. The summed E-state index contributed by atoms with van der Waals surface area (Å²) in [6, 6.07) is 3.74. The van der Waals surface area contributed by atoms with Crippen LogP contribution in [0.4, 0.5) is 4.39 Å². The van der Waals surface area contributed by atoms with E-state index in [0.29, 0.717) is 22.7 Å². The van der Waals surface area contributed by atoms with Gasteiger partial charge in [0.05, 0.1) is 4.90 Å². The van der Waals surface area contributed by atoms with Crippen LogP contribution in [0.25, 0.3) is 0 Å². The van der Waals surface area contributed by atoms with Gasteiger partial charge in [0, 0.05) is 4.83 Å². The van der Waals surface area contributed by atoms with Crippen molar-refractivity contribution in [2.75, 3.05) is 0 Å². The number of alkyl halides is 1. The van der Waals surface area contributed by atoms with E-state index in [1.165, 1.54) is 12.1 Å². The first-order valence-electron chi connectivity index (χ1n) is 4.83. The average Bonchev–Trinajstić information content (AvgIpc) is 2.83.